The minimum atomic E-state index is 0.0894. The fraction of sp³-hybridized carbons (Fsp3) is 0.333. The third kappa shape index (κ3) is 1.36. The van der Waals surface area contributed by atoms with Gasteiger partial charge in [0.05, 0.1) is 6.61 Å². The molecule has 1 heteroatoms. The highest BCUT2D eigenvalue weighted by atomic mass is 16.3. The predicted octanol–water partition coefficient (Wildman–Crippen LogP) is 1.60. The summed E-state index contributed by atoms with van der Waals surface area (Å²) in [6, 6.07) is 6.94. The monoisotopic (exact) mass is 135 g/mol. The van der Waals surface area contributed by atoms with Crippen molar-refractivity contribution in [3.05, 3.63) is 34.9 Å². The fourth-order valence-corrected chi connectivity index (χ4v) is 0.955. The van der Waals surface area contributed by atoms with Crippen molar-refractivity contribution in [2.75, 3.05) is 0 Å². The summed E-state index contributed by atoms with van der Waals surface area (Å²) in [5.74, 6) is 0. The molecule has 1 rings (SSSR count). The quantitative estimate of drug-likeness (QED) is 0.620. The van der Waals surface area contributed by atoms with Crippen molar-refractivity contribution in [3.8, 4) is 0 Å². The molecule has 1 nitrogen and oxygen atoms in total. The van der Waals surface area contributed by atoms with Crippen LogP contribution in [-0.4, -0.2) is 5.11 Å². The van der Waals surface area contributed by atoms with Crippen molar-refractivity contribution in [1.29, 1.82) is 0 Å². The van der Waals surface area contributed by atoms with Crippen molar-refractivity contribution < 1.29 is 5.11 Å². The number of aliphatic hydroxyl groups is 1. The maximum Gasteiger partial charge on any atom is 0.0690 e. The number of benzene rings is 1. The summed E-state index contributed by atoms with van der Waals surface area (Å²) in [5.41, 5.74) is 3.20. The standard InChI is InChI=1S/C9H11O/c1-7-3-4-9(6-10)8(2)5-7/h3,5,10H,6H2,1-2H3. The third-order valence-electron chi connectivity index (χ3n) is 1.55. The largest absolute Gasteiger partial charge is 0.392 e. The highest BCUT2D eigenvalue weighted by Gasteiger charge is 1.94. The van der Waals surface area contributed by atoms with Crippen LogP contribution >= 0.6 is 0 Å². The lowest BCUT2D eigenvalue weighted by atomic mass is 10.1. The zero-order valence-electron chi connectivity index (χ0n) is 6.31. The molecule has 0 heterocycles. The van der Waals surface area contributed by atoms with E-state index >= 15 is 0 Å². The summed E-state index contributed by atoms with van der Waals surface area (Å²) < 4.78 is 0. The molecule has 1 N–H and O–H groups in total. The van der Waals surface area contributed by atoms with E-state index < -0.39 is 0 Å². The molecule has 0 fully saturated rings. The summed E-state index contributed by atoms with van der Waals surface area (Å²) in [6.07, 6.45) is 0. The number of hydrogen-bond donors (Lipinski definition) is 1. The van der Waals surface area contributed by atoms with Gasteiger partial charge < -0.3 is 5.11 Å². The van der Waals surface area contributed by atoms with Gasteiger partial charge in [-0.1, -0.05) is 17.7 Å². The van der Waals surface area contributed by atoms with Crippen molar-refractivity contribution in [2.45, 2.75) is 20.5 Å². The van der Waals surface area contributed by atoms with Gasteiger partial charge in [0.2, 0.25) is 0 Å². The zero-order valence-corrected chi connectivity index (χ0v) is 6.31. The van der Waals surface area contributed by atoms with Gasteiger partial charge in [-0.2, -0.15) is 0 Å². The van der Waals surface area contributed by atoms with Crippen LogP contribution in [0.5, 0.6) is 0 Å². The number of rotatable bonds is 1. The van der Waals surface area contributed by atoms with Crippen molar-refractivity contribution >= 4 is 0 Å². The molecule has 0 amide bonds. The van der Waals surface area contributed by atoms with Gasteiger partial charge in [-0.05, 0) is 31.0 Å². The Balaban J connectivity index is 3.07. The lowest BCUT2D eigenvalue weighted by Gasteiger charge is -2.00. The first-order valence-electron chi connectivity index (χ1n) is 3.32. The Morgan fingerprint density at radius 3 is 2.70 bits per heavy atom. The van der Waals surface area contributed by atoms with Crippen LogP contribution in [-0.2, 0) is 6.61 Å². The van der Waals surface area contributed by atoms with Crippen LogP contribution in [0.15, 0.2) is 12.1 Å². The second kappa shape index (κ2) is 2.84. The Labute approximate surface area is 61.3 Å². The van der Waals surface area contributed by atoms with E-state index in [0.29, 0.717) is 0 Å². The number of hydrogen-bond acceptors (Lipinski definition) is 1. The second-order valence-corrected chi connectivity index (χ2v) is 2.50. The van der Waals surface area contributed by atoms with Gasteiger partial charge in [-0.15, -0.1) is 0 Å². The third-order valence-corrected chi connectivity index (χ3v) is 1.55. The predicted molar refractivity (Wildman–Crippen MR) is 40.7 cm³/mol. The van der Waals surface area contributed by atoms with Gasteiger partial charge in [0.15, 0.2) is 0 Å². The van der Waals surface area contributed by atoms with E-state index in [0.717, 1.165) is 11.1 Å². The van der Waals surface area contributed by atoms with E-state index in [4.69, 9.17) is 5.11 Å². The van der Waals surface area contributed by atoms with E-state index in [9.17, 15) is 0 Å². The molecule has 1 aromatic carbocycles. The Hall–Kier alpha value is -0.820. The molecule has 0 unspecified atom stereocenters. The summed E-state index contributed by atoms with van der Waals surface area (Å²) in [5, 5.41) is 8.78. The highest BCUT2D eigenvalue weighted by Crippen LogP contribution is 2.08. The van der Waals surface area contributed by atoms with Crippen LogP contribution in [0.25, 0.3) is 0 Å². The SMILES string of the molecule is Cc1c[c]c(CO)c(C)c1. The normalized spacial score (nSPS) is 9.90. The summed E-state index contributed by atoms with van der Waals surface area (Å²) in [6.45, 7) is 4.09. The maximum atomic E-state index is 8.78. The molecule has 0 bridgehead atoms. The molecular weight excluding hydrogens is 124 g/mol. The van der Waals surface area contributed by atoms with E-state index in [1.165, 1.54) is 5.56 Å². The molecule has 10 heavy (non-hydrogen) atoms. The minimum absolute atomic E-state index is 0.0894. The fourth-order valence-electron chi connectivity index (χ4n) is 0.955. The Morgan fingerprint density at radius 1 is 1.50 bits per heavy atom. The molecule has 0 spiro atoms. The van der Waals surface area contributed by atoms with Crippen LogP contribution in [0.4, 0.5) is 0 Å². The first-order chi connectivity index (χ1) is 4.74. The van der Waals surface area contributed by atoms with Crippen LogP contribution in [0, 0.1) is 19.9 Å². The molecule has 1 aromatic rings. The smallest absolute Gasteiger partial charge is 0.0690 e. The van der Waals surface area contributed by atoms with Crippen LogP contribution in [0.1, 0.15) is 16.7 Å². The molecule has 1 radical (unpaired) electrons. The minimum Gasteiger partial charge on any atom is -0.392 e. The van der Waals surface area contributed by atoms with Crippen molar-refractivity contribution in [2.24, 2.45) is 0 Å². The van der Waals surface area contributed by atoms with Gasteiger partial charge in [-0.25, -0.2) is 0 Å². The molecule has 0 atom stereocenters. The van der Waals surface area contributed by atoms with Gasteiger partial charge >= 0.3 is 0 Å². The molecule has 0 aliphatic rings. The maximum absolute atomic E-state index is 8.78. The average molecular weight is 135 g/mol. The van der Waals surface area contributed by atoms with Gasteiger partial charge in [0.25, 0.3) is 0 Å². The Kier molecular flexibility index (Phi) is 2.07. The van der Waals surface area contributed by atoms with Crippen LogP contribution < -0.4 is 0 Å². The van der Waals surface area contributed by atoms with Crippen LogP contribution in [0.2, 0.25) is 0 Å². The van der Waals surface area contributed by atoms with Crippen molar-refractivity contribution in [1.82, 2.24) is 0 Å². The Bertz CT molecular complexity index is 228. The van der Waals surface area contributed by atoms with Gasteiger partial charge in [0, 0.05) is 0 Å². The topological polar surface area (TPSA) is 20.2 Å². The molecule has 0 saturated heterocycles. The summed E-state index contributed by atoms with van der Waals surface area (Å²) in [7, 11) is 0. The Morgan fingerprint density at radius 2 is 2.20 bits per heavy atom. The van der Waals surface area contributed by atoms with E-state index in [1.807, 2.05) is 26.0 Å². The van der Waals surface area contributed by atoms with E-state index in [1.54, 1.807) is 0 Å². The highest BCUT2D eigenvalue weighted by molar-refractivity contribution is 5.28. The molecule has 0 aliphatic heterocycles. The second-order valence-electron chi connectivity index (χ2n) is 2.50. The average Bonchev–Trinajstić information content (AvgIpc) is 1.88. The molecule has 0 aliphatic carbocycles. The van der Waals surface area contributed by atoms with E-state index in [-0.39, 0.29) is 6.61 Å². The summed E-state index contributed by atoms with van der Waals surface area (Å²) >= 11 is 0. The van der Waals surface area contributed by atoms with Crippen LogP contribution in [0.3, 0.4) is 0 Å². The molecular formula is C9H11O. The first-order valence-corrected chi connectivity index (χ1v) is 3.32. The lowest BCUT2D eigenvalue weighted by Crippen LogP contribution is -1.88. The zero-order chi connectivity index (χ0) is 7.56. The molecule has 0 aromatic heterocycles. The summed E-state index contributed by atoms with van der Waals surface area (Å²) in [4.78, 5) is 0. The lowest BCUT2D eigenvalue weighted by molar-refractivity contribution is 0.281. The number of aryl methyl sites for hydroxylation is 2. The van der Waals surface area contributed by atoms with Crippen molar-refractivity contribution in [3.63, 3.8) is 0 Å². The first kappa shape index (κ1) is 7.29. The van der Waals surface area contributed by atoms with E-state index in [2.05, 4.69) is 6.07 Å². The van der Waals surface area contributed by atoms with Gasteiger partial charge in [0.1, 0.15) is 0 Å². The number of aliphatic hydroxyl groups excluding tert-OH is 1. The molecule has 53 valence electrons. The van der Waals surface area contributed by atoms with Gasteiger partial charge in [-0.3, -0.25) is 0 Å². The molecule has 0 saturated carbocycles.